The Morgan fingerprint density at radius 2 is 1.67 bits per heavy atom. The number of carbonyl (C=O) groups is 2. The number of hydrogen-bond donors (Lipinski definition) is 3. The summed E-state index contributed by atoms with van der Waals surface area (Å²) in [5, 5.41) is 5.48. The highest BCUT2D eigenvalue weighted by molar-refractivity contribution is 5.82. The Kier molecular flexibility index (Phi) is 8.37. The molecule has 4 N–H and O–H groups in total. The molecule has 2 amide bonds. The molecule has 0 aliphatic carbocycles. The lowest BCUT2D eigenvalue weighted by molar-refractivity contribution is -0.123. The molecule has 0 aromatic heterocycles. The largest absolute Gasteiger partial charge is 0.356 e. The predicted molar refractivity (Wildman–Crippen MR) is 72.9 cm³/mol. The van der Waals surface area contributed by atoms with Gasteiger partial charge in [0.25, 0.3) is 0 Å². The van der Waals surface area contributed by atoms with E-state index >= 15 is 0 Å². The molecule has 0 aliphatic rings. The van der Waals surface area contributed by atoms with Crippen LogP contribution in [0.5, 0.6) is 0 Å². The molecule has 0 unspecified atom stereocenters. The van der Waals surface area contributed by atoms with Crippen LogP contribution in [-0.4, -0.2) is 30.9 Å². The summed E-state index contributed by atoms with van der Waals surface area (Å²) >= 11 is 0. The van der Waals surface area contributed by atoms with Crippen molar-refractivity contribution in [2.45, 2.75) is 46.6 Å². The van der Waals surface area contributed by atoms with Crippen LogP contribution >= 0.6 is 0 Å². The van der Waals surface area contributed by atoms with Crippen LogP contribution in [0, 0.1) is 11.8 Å². The van der Waals surface area contributed by atoms with Crippen molar-refractivity contribution in [2.75, 3.05) is 13.1 Å². The third-order valence-electron chi connectivity index (χ3n) is 2.42. The summed E-state index contributed by atoms with van der Waals surface area (Å²) in [6.07, 6.45) is 0.957. The first-order valence-electron chi connectivity index (χ1n) is 6.63. The van der Waals surface area contributed by atoms with Gasteiger partial charge in [0.1, 0.15) is 0 Å². The Morgan fingerprint density at radius 3 is 2.17 bits per heavy atom. The van der Waals surface area contributed by atoms with Gasteiger partial charge in [0.15, 0.2) is 0 Å². The Hall–Kier alpha value is -1.10. The van der Waals surface area contributed by atoms with Crippen LogP contribution < -0.4 is 16.4 Å². The third-order valence-corrected chi connectivity index (χ3v) is 2.42. The SMILES string of the molecule is CC(C)CNC(=O)CCNC(=O)[C@H](N)CC(C)C. The smallest absolute Gasteiger partial charge is 0.236 e. The van der Waals surface area contributed by atoms with Crippen molar-refractivity contribution in [1.82, 2.24) is 10.6 Å². The van der Waals surface area contributed by atoms with Gasteiger partial charge in [-0.1, -0.05) is 27.7 Å². The molecule has 0 aromatic rings. The van der Waals surface area contributed by atoms with E-state index in [1.54, 1.807) is 0 Å². The second-order valence-corrected chi connectivity index (χ2v) is 5.47. The summed E-state index contributed by atoms with van der Waals surface area (Å²) in [4.78, 5) is 22.9. The van der Waals surface area contributed by atoms with Crippen molar-refractivity contribution in [1.29, 1.82) is 0 Å². The first-order chi connectivity index (χ1) is 8.32. The summed E-state index contributed by atoms with van der Waals surface area (Å²) in [5.41, 5.74) is 5.72. The van der Waals surface area contributed by atoms with E-state index in [2.05, 4.69) is 10.6 Å². The van der Waals surface area contributed by atoms with Gasteiger partial charge in [-0.3, -0.25) is 9.59 Å². The fraction of sp³-hybridized carbons (Fsp3) is 0.846. The summed E-state index contributed by atoms with van der Waals surface area (Å²) in [6.45, 7) is 9.12. The Bertz CT molecular complexity index is 265. The quantitative estimate of drug-likeness (QED) is 0.596. The molecule has 0 aromatic carbocycles. The molecule has 0 heterocycles. The van der Waals surface area contributed by atoms with E-state index in [0.29, 0.717) is 37.8 Å². The Balaban J connectivity index is 3.70. The van der Waals surface area contributed by atoms with Crippen LogP contribution in [-0.2, 0) is 9.59 Å². The van der Waals surface area contributed by atoms with Gasteiger partial charge in [0, 0.05) is 19.5 Å². The minimum atomic E-state index is -0.483. The van der Waals surface area contributed by atoms with E-state index in [1.807, 2.05) is 27.7 Å². The molecule has 0 saturated heterocycles. The van der Waals surface area contributed by atoms with Gasteiger partial charge in [-0.2, -0.15) is 0 Å². The molecule has 5 heteroatoms. The van der Waals surface area contributed by atoms with Gasteiger partial charge >= 0.3 is 0 Å². The molecule has 0 aliphatic heterocycles. The van der Waals surface area contributed by atoms with Gasteiger partial charge < -0.3 is 16.4 Å². The van der Waals surface area contributed by atoms with E-state index in [4.69, 9.17) is 5.73 Å². The zero-order chi connectivity index (χ0) is 14.1. The lowest BCUT2D eigenvalue weighted by Crippen LogP contribution is -2.42. The summed E-state index contributed by atoms with van der Waals surface area (Å²) in [6, 6.07) is -0.483. The van der Waals surface area contributed by atoms with E-state index < -0.39 is 6.04 Å². The highest BCUT2D eigenvalue weighted by atomic mass is 16.2. The minimum Gasteiger partial charge on any atom is -0.356 e. The van der Waals surface area contributed by atoms with Crippen molar-refractivity contribution in [3.8, 4) is 0 Å². The first-order valence-corrected chi connectivity index (χ1v) is 6.63. The van der Waals surface area contributed by atoms with Crippen molar-refractivity contribution in [3.05, 3.63) is 0 Å². The predicted octanol–water partition coefficient (Wildman–Crippen LogP) is 0.638. The molecule has 0 fully saturated rings. The molecular formula is C13H27N3O2. The normalized spacial score (nSPS) is 12.6. The van der Waals surface area contributed by atoms with Gasteiger partial charge in [-0.05, 0) is 18.3 Å². The zero-order valence-corrected chi connectivity index (χ0v) is 12.0. The number of amides is 2. The maximum atomic E-state index is 11.6. The Morgan fingerprint density at radius 1 is 1.06 bits per heavy atom. The molecule has 5 nitrogen and oxygen atoms in total. The van der Waals surface area contributed by atoms with Crippen molar-refractivity contribution >= 4 is 11.8 Å². The number of nitrogens with two attached hydrogens (primary N) is 1. The molecule has 0 rings (SSSR count). The van der Waals surface area contributed by atoms with Gasteiger partial charge in [0.05, 0.1) is 6.04 Å². The van der Waals surface area contributed by atoms with Crippen LogP contribution in [0.3, 0.4) is 0 Å². The van der Waals surface area contributed by atoms with Crippen molar-refractivity contribution < 1.29 is 9.59 Å². The summed E-state index contributed by atoms with van der Waals surface area (Å²) < 4.78 is 0. The maximum Gasteiger partial charge on any atom is 0.236 e. The third kappa shape index (κ3) is 8.98. The van der Waals surface area contributed by atoms with E-state index in [-0.39, 0.29) is 11.8 Å². The number of rotatable bonds is 8. The van der Waals surface area contributed by atoms with Crippen LogP contribution in [0.25, 0.3) is 0 Å². The van der Waals surface area contributed by atoms with Gasteiger partial charge in [-0.25, -0.2) is 0 Å². The molecule has 0 bridgehead atoms. The standard InChI is InChI=1S/C13H27N3O2/c1-9(2)7-11(14)13(18)15-6-5-12(17)16-8-10(3)4/h9-11H,5-8,14H2,1-4H3,(H,15,18)(H,16,17)/t11-/m1/s1. The monoisotopic (exact) mass is 257 g/mol. The van der Waals surface area contributed by atoms with Gasteiger partial charge in [-0.15, -0.1) is 0 Å². The first kappa shape index (κ1) is 16.9. The van der Waals surface area contributed by atoms with Crippen molar-refractivity contribution in [2.24, 2.45) is 17.6 Å². The number of nitrogens with one attached hydrogen (secondary N) is 2. The molecule has 0 saturated carbocycles. The minimum absolute atomic E-state index is 0.0403. The molecule has 0 spiro atoms. The lowest BCUT2D eigenvalue weighted by Gasteiger charge is -2.14. The maximum absolute atomic E-state index is 11.6. The molecule has 0 radical (unpaired) electrons. The second-order valence-electron chi connectivity index (χ2n) is 5.47. The Labute approximate surface area is 110 Å². The highest BCUT2D eigenvalue weighted by Crippen LogP contribution is 2.02. The second kappa shape index (κ2) is 8.91. The molecule has 18 heavy (non-hydrogen) atoms. The molecule has 106 valence electrons. The van der Waals surface area contributed by atoms with Gasteiger partial charge in [0.2, 0.25) is 11.8 Å². The van der Waals surface area contributed by atoms with Crippen LogP contribution in [0.1, 0.15) is 40.5 Å². The van der Waals surface area contributed by atoms with Crippen LogP contribution in [0.15, 0.2) is 0 Å². The van der Waals surface area contributed by atoms with Crippen LogP contribution in [0.4, 0.5) is 0 Å². The highest BCUT2D eigenvalue weighted by Gasteiger charge is 2.14. The van der Waals surface area contributed by atoms with E-state index in [0.717, 1.165) is 0 Å². The average molecular weight is 257 g/mol. The zero-order valence-electron chi connectivity index (χ0n) is 12.0. The van der Waals surface area contributed by atoms with E-state index in [9.17, 15) is 9.59 Å². The summed E-state index contributed by atoms with van der Waals surface area (Å²) in [5.74, 6) is 0.602. The summed E-state index contributed by atoms with van der Waals surface area (Å²) in [7, 11) is 0. The lowest BCUT2D eigenvalue weighted by atomic mass is 10.0. The number of hydrogen-bond acceptors (Lipinski definition) is 3. The fourth-order valence-electron chi connectivity index (χ4n) is 1.45. The van der Waals surface area contributed by atoms with Crippen molar-refractivity contribution in [3.63, 3.8) is 0 Å². The topological polar surface area (TPSA) is 84.2 Å². The molecule has 1 atom stereocenters. The van der Waals surface area contributed by atoms with Crippen LogP contribution in [0.2, 0.25) is 0 Å². The fourth-order valence-corrected chi connectivity index (χ4v) is 1.45. The number of carbonyl (C=O) groups excluding carboxylic acids is 2. The van der Waals surface area contributed by atoms with E-state index in [1.165, 1.54) is 0 Å². The molecular weight excluding hydrogens is 230 g/mol. The average Bonchev–Trinajstić information content (AvgIpc) is 2.25.